The zero-order chi connectivity index (χ0) is 29.6. The molecule has 5 aromatic rings. The Morgan fingerprint density at radius 3 is 2.38 bits per heavy atom. The van der Waals surface area contributed by atoms with Crippen molar-refractivity contribution < 1.29 is 23.1 Å². The maximum Gasteiger partial charge on any atom is 0.255 e. The lowest BCUT2D eigenvalue weighted by atomic mass is 9.95. The van der Waals surface area contributed by atoms with Gasteiger partial charge in [-0.15, -0.1) is 0 Å². The molecule has 1 fully saturated rings. The van der Waals surface area contributed by atoms with E-state index in [0.29, 0.717) is 45.0 Å². The minimum Gasteiger partial charge on any atom is -0.496 e. The molecule has 0 saturated heterocycles. The standard InChI is InChI=1S/C33H29FN4O4/c1-18-15-27(41-4)25(30(39)38-33(12-13-33)32-36-14-11-19(2)37-32)17-23(18)21-7-10-26-24(16-21)28(31(40)35-3)29(42-26)20-5-8-22(34)9-6-20/h5-11,14-17H,12-13H2,1-4H3,(H,35,40)(H,38,39). The highest BCUT2D eigenvalue weighted by Crippen LogP contribution is 2.44. The van der Waals surface area contributed by atoms with Gasteiger partial charge in [0, 0.05) is 29.9 Å². The van der Waals surface area contributed by atoms with Crippen molar-refractivity contribution in [2.45, 2.75) is 32.2 Å². The molecular weight excluding hydrogens is 535 g/mol. The molecule has 9 heteroatoms. The van der Waals surface area contributed by atoms with Gasteiger partial charge >= 0.3 is 0 Å². The van der Waals surface area contributed by atoms with Crippen LogP contribution in [0, 0.1) is 19.7 Å². The van der Waals surface area contributed by atoms with Gasteiger partial charge in [0.25, 0.3) is 11.8 Å². The number of halogens is 1. The average molecular weight is 565 g/mol. The Bertz CT molecular complexity index is 1860. The molecular formula is C33H29FN4O4. The Labute approximate surface area is 241 Å². The maximum atomic E-state index is 13.7. The maximum absolute atomic E-state index is 13.7. The molecule has 212 valence electrons. The van der Waals surface area contributed by atoms with E-state index in [2.05, 4.69) is 20.6 Å². The molecule has 6 rings (SSSR count). The van der Waals surface area contributed by atoms with E-state index >= 15 is 0 Å². The predicted molar refractivity (Wildman–Crippen MR) is 157 cm³/mol. The Morgan fingerprint density at radius 2 is 1.71 bits per heavy atom. The normalized spacial score (nSPS) is 13.5. The van der Waals surface area contributed by atoms with Crippen LogP contribution in [0.2, 0.25) is 0 Å². The van der Waals surface area contributed by atoms with Crippen molar-refractivity contribution in [3.8, 4) is 28.2 Å². The number of hydrogen-bond donors (Lipinski definition) is 2. The van der Waals surface area contributed by atoms with Crippen LogP contribution >= 0.6 is 0 Å². The fourth-order valence-electron chi connectivity index (χ4n) is 5.25. The molecule has 0 radical (unpaired) electrons. The van der Waals surface area contributed by atoms with Crippen LogP contribution in [-0.2, 0) is 5.54 Å². The van der Waals surface area contributed by atoms with E-state index in [-0.39, 0.29) is 17.6 Å². The summed E-state index contributed by atoms with van der Waals surface area (Å²) in [5.41, 5.74) is 4.52. The van der Waals surface area contributed by atoms with Crippen LogP contribution in [-0.4, -0.2) is 35.9 Å². The summed E-state index contributed by atoms with van der Waals surface area (Å²) in [5, 5.41) is 6.43. The van der Waals surface area contributed by atoms with Gasteiger partial charge in [-0.1, -0.05) is 6.07 Å². The molecule has 2 heterocycles. The first-order valence-electron chi connectivity index (χ1n) is 13.6. The smallest absolute Gasteiger partial charge is 0.255 e. The third kappa shape index (κ3) is 4.76. The number of rotatable bonds is 7. The lowest BCUT2D eigenvalue weighted by Crippen LogP contribution is -2.36. The average Bonchev–Trinajstić information content (AvgIpc) is 3.68. The van der Waals surface area contributed by atoms with E-state index in [1.165, 1.54) is 19.2 Å². The molecule has 0 bridgehead atoms. The highest BCUT2D eigenvalue weighted by Gasteiger charge is 2.49. The summed E-state index contributed by atoms with van der Waals surface area (Å²) in [6.07, 6.45) is 3.20. The number of carbonyl (C=O) groups excluding carboxylic acids is 2. The molecule has 42 heavy (non-hydrogen) atoms. The Kier molecular flexibility index (Phi) is 6.73. The first kappa shape index (κ1) is 27.1. The Balaban J connectivity index is 1.42. The Morgan fingerprint density at radius 1 is 0.976 bits per heavy atom. The topological polar surface area (TPSA) is 106 Å². The lowest BCUT2D eigenvalue weighted by molar-refractivity contribution is 0.0923. The third-order valence-electron chi connectivity index (χ3n) is 7.68. The number of furan rings is 1. The summed E-state index contributed by atoms with van der Waals surface area (Å²) in [5.74, 6) is 0.401. The van der Waals surface area contributed by atoms with Crippen molar-refractivity contribution in [1.82, 2.24) is 20.6 Å². The summed E-state index contributed by atoms with van der Waals surface area (Å²) in [7, 11) is 3.08. The molecule has 0 spiro atoms. The van der Waals surface area contributed by atoms with Crippen LogP contribution in [0.4, 0.5) is 4.39 Å². The summed E-state index contributed by atoms with van der Waals surface area (Å²) in [6.45, 7) is 3.83. The first-order chi connectivity index (χ1) is 20.2. The summed E-state index contributed by atoms with van der Waals surface area (Å²) in [4.78, 5) is 35.7. The van der Waals surface area contributed by atoms with Crippen LogP contribution in [0.25, 0.3) is 33.4 Å². The van der Waals surface area contributed by atoms with Gasteiger partial charge in [-0.2, -0.15) is 0 Å². The van der Waals surface area contributed by atoms with Crippen molar-refractivity contribution >= 4 is 22.8 Å². The van der Waals surface area contributed by atoms with Gasteiger partial charge in [-0.3, -0.25) is 9.59 Å². The van der Waals surface area contributed by atoms with Crippen molar-refractivity contribution in [1.29, 1.82) is 0 Å². The Hall–Kier alpha value is -5.05. The number of ether oxygens (including phenoxy) is 1. The van der Waals surface area contributed by atoms with Gasteiger partial charge < -0.3 is 19.8 Å². The van der Waals surface area contributed by atoms with Gasteiger partial charge in [-0.05, 0) is 98.0 Å². The number of amides is 2. The van der Waals surface area contributed by atoms with E-state index < -0.39 is 5.54 Å². The summed E-state index contributed by atoms with van der Waals surface area (Å²) in [6, 6.07) is 16.8. The number of aromatic nitrogens is 2. The number of nitrogens with one attached hydrogen (secondary N) is 2. The molecule has 0 atom stereocenters. The van der Waals surface area contributed by atoms with Crippen LogP contribution in [0.15, 0.2) is 71.3 Å². The quantitative estimate of drug-likeness (QED) is 0.247. The molecule has 8 nitrogen and oxygen atoms in total. The van der Waals surface area contributed by atoms with Crippen LogP contribution in [0.5, 0.6) is 5.75 Å². The van der Waals surface area contributed by atoms with Crippen LogP contribution in [0.1, 0.15) is 50.6 Å². The van der Waals surface area contributed by atoms with Crippen LogP contribution < -0.4 is 15.4 Å². The molecule has 3 aromatic carbocycles. The zero-order valence-corrected chi connectivity index (χ0v) is 23.7. The van der Waals surface area contributed by atoms with Gasteiger partial charge in [0.2, 0.25) is 0 Å². The SMILES string of the molecule is CNC(=O)c1c(-c2ccc(F)cc2)oc2ccc(-c3cc(C(=O)NC4(c5nccc(C)n5)CC4)c(OC)cc3C)cc12. The minimum atomic E-state index is -0.603. The van der Waals surface area contributed by atoms with E-state index in [0.717, 1.165) is 35.2 Å². The van der Waals surface area contributed by atoms with Crippen molar-refractivity contribution in [3.05, 3.63) is 101 Å². The van der Waals surface area contributed by atoms with Crippen molar-refractivity contribution in [2.24, 2.45) is 0 Å². The second-order valence-corrected chi connectivity index (χ2v) is 10.5. The fourth-order valence-corrected chi connectivity index (χ4v) is 5.25. The number of nitrogens with zero attached hydrogens (tertiary/aromatic N) is 2. The highest BCUT2D eigenvalue weighted by molar-refractivity contribution is 6.12. The van der Waals surface area contributed by atoms with Gasteiger partial charge in [0.15, 0.2) is 5.82 Å². The molecule has 1 aliphatic rings. The van der Waals surface area contributed by atoms with E-state index in [1.54, 1.807) is 37.5 Å². The number of carbonyl (C=O) groups is 2. The van der Waals surface area contributed by atoms with Crippen LogP contribution in [0.3, 0.4) is 0 Å². The van der Waals surface area contributed by atoms with E-state index in [9.17, 15) is 14.0 Å². The number of methoxy groups -OCH3 is 1. The number of benzene rings is 3. The third-order valence-corrected chi connectivity index (χ3v) is 7.68. The minimum absolute atomic E-state index is 0.287. The highest BCUT2D eigenvalue weighted by atomic mass is 19.1. The number of aryl methyl sites for hydroxylation is 2. The molecule has 1 saturated carbocycles. The summed E-state index contributed by atoms with van der Waals surface area (Å²) >= 11 is 0. The molecule has 2 N–H and O–H groups in total. The van der Waals surface area contributed by atoms with Crippen molar-refractivity contribution in [2.75, 3.05) is 14.2 Å². The predicted octanol–water partition coefficient (Wildman–Crippen LogP) is 6.10. The van der Waals surface area contributed by atoms with E-state index in [1.807, 2.05) is 38.1 Å². The van der Waals surface area contributed by atoms with Gasteiger partial charge in [-0.25, -0.2) is 14.4 Å². The molecule has 0 aliphatic heterocycles. The second kappa shape index (κ2) is 10.4. The number of fused-ring (bicyclic) bond motifs is 1. The number of hydrogen-bond acceptors (Lipinski definition) is 6. The fraction of sp³-hybridized carbons (Fsp3) is 0.212. The van der Waals surface area contributed by atoms with E-state index in [4.69, 9.17) is 9.15 Å². The molecule has 1 aliphatic carbocycles. The molecule has 2 aromatic heterocycles. The summed E-state index contributed by atoms with van der Waals surface area (Å²) < 4.78 is 25.3. The van der Waals surface area contributed by atoms with Gasteiger partial charge in [0.1, 0.15) is 28.4 Å². The zero-order valence-electron chi connectivity index (χ0n) is 23.7. The first-order valence-corrected chi connectivity index (χ1v) is 13.6. The largest absolute Gasteiger partial charge is 0.496 e. The second-order valence-electron chi connectivity index (χ2n) is 10.5. The molecule has 0 unspecified atom stereocenters. The lowest BCUT2D eigenvalue weighted by Gasteiger charge is -2.19. The van der Waals surface area contributed by atoms with Crippen molar-refractivity contribution in [3.63, 3.8) is 0 Å². The molecule has 2 amide bonds. The van der Waals surface area contributed by atoms with Gasteiger partial charge in [0.05, 0.1) is 18.2 Å². The monoisotopic (exact) mass is 564 g/mol.